The second-order valence-electron chi connectivity index (χ2n) is 4.50. The van der Waals surface area contributed by atoms with Crippen LogP contribution in [-0.4, -0.2) is 17.6 Å². The van der Waals surface area contributed by atoms with Gasteiger partial charge in [0.05, 0.1) is 6.42 Å². The normalized spacial score (nSPS) is 12.5. The molecule has 0 aliphatic carbocycles. The Labute approximate surface area is 103 Å². The summed E-state index contributed by atoms with van der Waals surface area (Å²) in [6.45, 7) is 8.93. The van der Waals surface area contributed by atoms with Gasteiger partial charge < -0.3 is 10.4 Å². The number of carboxylic acids is 1. The Balaban J connectivity index is 3.08. The number of hydrogen-bond acceptors (Lipinski definition) is 2. The number of rotatable bonds is 5. The van der Waals surface area contributed by atoms with Crippen molar-refractivity contribution in [3.05, 3.63) is 34.4 Å². The quantitative estimate of drug-likeness (QED) is 0.825. The number of carbonyl (C=O) groups is 1. The highest BCUT2D eigenvalue weighted by Gasteiger charge is 2.17. The molecule has 0 aliphatic rings. The first-order valence-corrected chi connectivity index (χ1v) is 5.98. The molecule has 0 bridgehead atoms. The van der Waals surface area contributed by atoms with Crippen LogP contribution in [0.2, 0.25) is 0 Å². The van der Waals surface area contributed by atoms with Gasteiger partial charge in [-0.15, -0.1) is 0 Å². The lowest BCUT2D eigenvalue weighted by Crippen LogP contribution is -2.24. The molecule has 94 valence electrons. The van der Waals surface area contributed by atoms with E-state index >= 15 is 0 Å². The van der Waals surface area contributed by atoms with Crippen molar-refractivity contribution in [1.29, 1.82) is 0 Å². The predicted octanol–water partition coefficient (Wildman–Crippen LogP) is 2.74. The Hall–Kier alpha value is -1.35. The van der Waals surface area contributed by atoms with Gasteiger partial charge in [-0.25, -0.2) is 0 Å². The summed E-state index contributed by atoms with van der Waals surface area (Å²) in [5.74, 6) is -0.770. The highest BCUT2D eigenvalue weighted by molar-refractivity contribution is 5.68. The molecule has 0 aliphatic heterocycles. The number of hydrogen-bond donors (Lipinski definition) is 2. The van der Waals surface area contributed by atoms with Crippen molar-refractivity contribution in [1.82, 2.24) is 5.32 Å². The van der Waals surface area contributed by atoms with Crippen molar-refractivity contribution in [3.8, 4) is 0 Å². The number of aliphatic carboxylic acids is 1. The van der Waals surface area contributed by atoms with Gasteiger partial charge in [-0.1, -0.05) is 19.1 Å². The first-order chi connectivity index (χ1) is 7.95. The number of nitrogens with one attached hydrogen (secondary N) is 1. The van der Waals surface area contributed by atoms with E-state index in [0.29, 0.717) is 0 Å². The largest absolute Gasteiger partial charge is 0.481 e. The Morgan fingerprint density at radius 2 is 1.82 bits per heavy atom. The summed E-state index contributed by atoms with van der Waals surface area (Å²) < 4.78 is 0. The number of benzene rings is 1. The van der Waals surface area contributed by atoms with Crippen LogP contribution in [0.15, 0.2) is 12.1 Å². The molecule has 1 atom stereocenters. The van der Waals surface area contributed by atoms with E-state index in [1.54, 1.807) is 0 Å². The molecule has 17 heavy (non-hydrogen) atoms. The Bertz CT molecular complexity index is 413. The monoisotopic (exact) mass is 235 g/mol. The van der Waals surface area contributed by atoms with E-state index in [1.807, 2.05) is 13.8 Å². The molecular formula is C14H21NO2. The maximum absolute atomic E-state index is 10.9. The van der Waals surface area contributed by atoms with E-state index in [-0.39, 0.29) is 12.5 Å². The van der Waals surface area contributed by atoms with E-state index < -0.39 is 5.97 Å². The second-order valence-corrected chi connectivity index (χ2v) is 4.50. The average molecular weight is 235 g/mol. The summed E-state index contributed by atoms with van der Waals surface area (Å²) in [4.78, 5) is 10.9. The Morgan fingerprint density at radius 3 is 2.35 bits per heavy atom. The van der Waals surface area contributed by atoms with Crippen LogP contribution in [0.4, 0.5) is 0 Å². The molecule has 0 heterocycles. The van der Waals surface area contributed by atoms with E-state index in [0.717, 1.165) is 17.7 Å². The van der Waals surface area contributed by atoms with Crippen molar-refractivity contribution in [3.63, 3.8) is 0 Å². The van der Waals surface area contributed by atoms with E-state index in [9.17, 15) is 4.79 Å². The highest BCUT2D eigenvalue weighted by Crippen LogP contribution is 2.24. The topological polar surface area (TPSA) is 49.3 Å². The lowest BCUT2D eigenvalue weighted by molar-refractivity contribution is -0.137. The summed E-state index contributed by atoms with van der Waals surface area (Å²) in [6, 6.07) is 4.12. The molecule has 1 unspecified atom stereocenters. The van der Waals surface area contributed by atoms with Gasteiger partial charge in [0.25, 0.3) is 0 Å². The summed E-state index contributed by atoms with van der Waals surface area (Å²) in [5, 5.41) is 12.2. The minimum absolute atomic E-state index is 0.100. The third kappa shape index (κ3) is 3.56. The van der Waals surface area contributed by atoms with Gasteiger partial charge in [0, 0.05) is 6.04 Å². The molecule has 0 amide bonds. The molecule has 0 saturated heterocycles. The van der Waals surface area contributed by atoms with Crippen molar-refractivity contribution in [2.75, 3.05) is 6.54 Å². The number of carboxylic acid groups (broad SMARTS) is 1. The van der Waals surface area contributed by atoms with Gasteiger partial charge in [-0.05, 0) is 49.6 Å². The maximum atomic E-state index is 10.9. The predicted molar refractivity (Wildman–Crippen MR) is 69.3 cm³/mol. The van der Waals surface area contributed by atoms with Gasteiger partial charge in [0.2, 0.25) is 0 Å². The molecule has 0 saturated carbocycles. The van der Waals surface area contributed by atoms with Gasteiger partial charge >= 0.3 is 5.97 Å². The van der Waals surface area contributed by atoms with Gasteiger partial charge in [-0.3, -0.25) is 4.79 Å². The summed E-state index contributed by atoms with van der Waals surface area (Å²) in [6.07, 6.45) is 0.122. The smallest absolute Gasteiger partial charge is 0.305 e. The Kier molecular flexibility index (Phi) is 4.70. The number of aryl methyl sites for hydroxylation is 3. The SMILES string of the molecule is CCNC(CC(=O)O)c1cc(C)c(C)cc1C. The molecule has 0 fully saturated rings. The molecule has 2 N–H and O–H groups in total. The first kappa shape index (κ1) is 13.7. The maximum Gasteiger partial charge on any atom is 0.305 e. The van der Waals surface area contributed by atoms with Crippen LogP contribution < -0.4 is 5.32 Å². The van der Waals surface area contributed by atoms with Crippen LogP contribution in [0.25, 0.3) is 0 Å². The van der Waals surface area contributed by atoms with Gasteiger partial charge in [0.1, 0.15) is 0 Å². The van der Waals surface area contributed by atoms with Crippen LogP contribution in [-0.2, 0) is 4.79 Å². The van der Waals surface area contributed by atoms with Crippen molar-refractivity contribution in [2.24, 2.45) is 0 Å². The van der Waals surface area contributed by atoms with E-state index in [1.165, 1.54) is 11.1 Å². The lowest BCUT2D eigenvalue weighted by atomic mass is 9.94. The molecular weight excluding hydrogens is 214 g/mol. The average Bonchev–Trinajstić information content (AvgIpc) is 2.22. The summed E-state index contributed by atoms with van der Waals surface area (Å²) in [5.41, 5.74) is 4.70. The zero-order valence-corrected chi connectivity index (χ0v) is 11.0. The molecule has 0 radical (unpaired) electrons. The fraction of sp³-hybridized carbons (Fsp3) is 0.500. The molecule has 0 spiro atoms. The van der Waals surface area contributed by atoms with Crippen molar-refractivity contribution >= 4 is 5.97 Å². The van der Waals surface area contributed by atoms with Crippen LogP contribution in [0.5, 0.6) is 0 Å². The minimum atomic E-state index is -0.770. The van der Waals surface area contributed by atoms with Crippen molar-refractivity contribution < 1.29 is 9.90 Å². The molecule has 3 nitrogen and oxygen atoms in total. The van der Waals surface area contributed by atoms with Crippen LogP contribution >= 0.6 is 0 Å². The third-order valence-corrected chi connectivity index (χ3v) is 3.09. The molecule has 1 rings (SSSR count). The van der Waals surface area contributed by atoms with Crippen molar-refractivity contribution in [2.45, 2.75) is 40.2 Å². The fourth-order valence-corrected chi connectivity index (χ4v) is 2.07. The summed E-state index contributed by atoms with van der Waals surface area (Å²) >= 11 is 0. The fourth-order valence-electron chi connectivity index (χ4n) is 2.07. The first-order valence-electron chi connectivity index (χ1n) is 5.98. The van der Waals surface area contributed by atoms with E-state index in [2.05, 4.69) is 31.3 Å². The molecule has 3 heteroatoms. The van der Waals surface area contributed by atoms with Crippen LogP contribution in [0.1, 0.15) is 41.6 Å². The molecule has 0 aromatic heterocycles. The van der Waals surface area contributed by atoms with Crippen LogP contribution in [0.3, 0.4) is 0 Å². The standard InChI is InChI=1S/C14H21NO2/c1-5-15-13(8-14(16)17)12-7-10(3)9(2)6-11(12)4/h6-7,13,15H,5,8H2,1-4H3,(H,16,17). The lowest BCUT2D eigenvalue weighted by Gasteiger charge is -2.20. The zero-order valence-electron chi connectivity index (χ0n) is 11.0. The molecule has 1 aromatic carbocycles. The highest BCUT2D eigenvalue weighted by atomic mass is 16.4. The molecule has 1 aromatic rings. The van der Waals surface area contributed by atoms with E-state index in [4.69, 9.17) is 5.11 Å². The Morgan fingerprint density at radius 1 is 1.24 bits per heavy atom. The zero-order chi connectivity index (χ0) is 13.0. The minimum Gasteiger partial charge on any atom is -0.481 e. The van der Waals surface area contributed by atoms with Gasteiger partial charge in [0.15, 0.2) is 0 Å². The second kappa shape index (κ2) is 5.82. The summed E-state index contributed by atoms with van der Waals surface area (Å²) in [7, 11) is 0. The van der Waals surface area contributed by atoms with Crippen LogP contribution in [0, 0.1) is 20.8 Å². The third-order valence-electron chi connectivity index (χ3n) is 3.09. The van der Waals surface area contributed by atoms with Gasteiger partial charge in [-0.2, -0.15) is 0 Å².